The summed E-state index contributed by atoms with van der Waals surface area (Å²) in [7, 11) is 0. The number of pyridine rings is 1. The molecule has 4 aromatic rings. The predicted molar refractivity (Wildman–Crippen MR) is 205 cm³/mol. The van der Waals surface area contributed by atoms with Crippen LogP contribution in [0, 0.1) is 18.8 Å². The Morgan fingerprint density at radius 3 is 2.21 bits per heavy atom. The van der Waals surface area contributed by atoms with E-state index in [2.05, 4.69) is 49.7 Å². The maximum atomic E-state index is 14.0. The second-order valence-electron chi connectivity index (χ2n) is 13.2. The van der Waals surface area contributed by atoms with Gasteiger partial charge < -0.3 is 21.7 Å². The van der Waals surface area contributed by atoms with E-state index in [-0.39, 0.29) is 36.6 Å². The Hall–Kier alpha value is -4.56. The van der Waals surface area contributed by atoms with Gasteiger partial charge in [-0.2, -0.15) is 5.21 Å². The molecule has 0 unspecified atom stereocenters. The molecule has 52 heavy (non-hydrogen) atoms. The molecule has 0 saturated heterocycles. The van der Waals surface area contributed by atoms with Gasteiger partial charge in [-0.05, 0) is 124 Å². The monoisotopic (exact) mass is 730 g/mol. The first-order chi connectivity index (χ1) is 24.7. The molecule has 6 N–H and O–H groups in total. The fourth-order valence-corrected chi connectivity index (χ4v) is 6.69. The van der Waals surface area contributed by atoms with Crippen LogP contribution in [0.2, 0.25) is 0 Å². The number of tetrazole rings is 1. The molecule has 1 atom stereocenters. The van der Waals surface area contributed by atoms with Gasteiger partial charge in [-0.1, -0.05) is 44.2 Å². The molecule has 0 bridgehead atoms. The van der Waals surface area contributed by atoms with Gasteiger partial charge in [0, 0.05) is 29.3 Å². The van der Waals surface area contributed by atoms with E-state index in [1.807, 2.05) is 37.3 Å². The first-order valence-corrected chi connectivity index (χ1v) is 18.0. The third-order valence-corrected chi connectivity index (χ3v) is 9.89. The highest BCUT2D eigenvalue weighted by Crippen LogP contribution is 2.32. The van der Waals surface area contributed by atoms with Gasteiger partial charge in [0.05, 0.1) is 11.7 Å². The standard InChI is InChI=1S/C38H50N10O3.ClH/c1-4-47(5-2)22-6-21-41-36(49)34-20-19-32(25(3)42-34)28-11-7-26(8-12-28)23-33(40)38(51)48(37(50)30-13-9-27(24-39)10-14-30)31-17-15-29(16-18-31)35-43-45-46-44-35;/h7-8,11-12,15-20,27,30,33H,4-6,9-10,13-14,21-24,39-40H2,1-3H3,(H,41,49)(H,43,44,45,46);1H/t27-,30-,33-;/m0./s1. The quantitative estimate of drug-likeness (QED) is 0.128. The Morgan fingerprint density at radius 1 is 0.942 bits per heavy atom. The van der Waals surface area contributed by atoms with Crippen LogP contribution in [0.5, 0.6) is 0 Å². The number of carbonyl (C=O) groups is 3. The number of benzene rings is 2. The lowest BCUT2D eigenvalue weighted by atomic mass is 9.81. The van der Waals surface area contributed by atoms with Gasteiger partial charge in [-0.3, -0.25) is 14.4 Å². The minimum atomic E-state index is -0.953. The molecular formula is C38H51ClN10O3. The average molecular weight is 731 g/mol. The molecule has 1 saturated carbocycles. The summed E-state index contributed by atoms with van der Waals surface area (Å²) in [4.78, 5) is 48.9. The smallest absolute Gasteiger partial charge is 0.269 e. The predicted octanol–water partition coefficient (Wildman–Crippen LogP) is 4.32. The molecule has 0 spiro atoms. The van der Waals surface area contributed by atoms with Crippen LogP contribution in [0.15, 0.2) is 60.7 Å². The molecule has 0 aliphatic heterocycles. The zero-order valence-electron chi connectivity index (χ0n) is 30.3. The van der Waals surface area contributed by atoms with Crippen molar-refractivity contribution < 1.29 is 14.4 Å². The van der Waals surface area contributed by atoms with E-state index in [0.29, 0.717) is 54.6 Å². The molecule has 1 fully saturated rings. The fraction of sp³-hybridized carbons (Fsp3) is 0.447. The van der Waals surface area contributed by atoms with Crippen LogP contribution in [0.25, 0.3) is 22.5 Å². The maximum absolute atomic E-state index is 14.0. The largest absolute Gasteiger partial charge is 0.351 e. The van der Waals surface area contributed by atoms with Crippen LogP contribution >= 0.6 is 12.4 Å². The molecule has 2 aromatic heterocycles. The van der Waals surface area contributed by atoms with Gasteiger partial charge in [0.15, 0.2) is 0 Å². The van der Waals surface area contributed by atoms with Crippen molar-refractivity contribution in [3.05, 3.63) is 77.6 Å². The molecule has 2 aromatic carbocycles. The number of amides is 3. The number of hydrogen-bond donors (Lipinski definition) is 4. The number of nitrogens with zero attached hydrogens (tertiary/aromatic N) is 6. The van der Waals surface area contributed by atoms with Gasteiger partial charge >= 0.3 is 0 Å². The van der Waals surface area contributed by atoms with E-state index < -0.39 is 11.9 Å². The Balaban J connectivity index is 0.00000605. The maximum Gasteiger partial charge on any atom is 0.269 e. The van der Waals surface area contributed by atoms with E-state index in [1.54, 1.807) is 30.3 Å². The molecule has 1 aliphatic carbocycles. The summed E-state index contributed by atoms with van der Waals surface area (Å²) in [6, 6.07) is 17.4. The van der Waals surface area contributed by atoms with E-state index in [1.165, 1.54) is 4.90 Å². The number of rotatable bonds is 15. The van der Waals surface area contributed by atoms with Crippen molar-refractivity contribution in [3.8, 4) is 22.5 Å². The van der Waals surface area contributed by atoms with Crippen LogP contribution in [-0.4, -0.2) is 87.0 Å². The van der Waals surface area contributed by atoms with E-state index >= 15 is 0 Å². The van der Waals surface area contributed by atoms with Crippen molar-refractivity contribution in [2.24, 2.45) is 23.3 Å². The number of halogens is 1. The zero-order valence-corrected chi connectivity index (χ0v) is 31.1. The molecule has 2 heterocycles. The summed E-state index contributed by atoms with van der Waals surface area (Å²) >= 11 is 0. The topological polar surface area (TPSA) is 189 Å². The van der Waals surface area contributed by atoms with Crippen LogP contribution < -0.4 is 21.7 Å². The SMILES string of the molecule is CCN(CC)CCCNC(=O)c1ccc(-c2ccc(C[C@H](N)C(=O)N(c3ccc(-c4nn[nH]n4)cc3)C(=O)[C@H]3CC[C@H](CN)CC3)cc2)c(C)n1.Cl. The molecule has 3 amide bonds. The lowest BCUT2D eigenvalue weighted by Crippen LogP contribution is -2.50. The Labute approximate surface area is 311 Å². The lowest BCUT2D eigenvalue weighted by molar-refractivity contribution is -0.130. The van der Waals surface area contributed by atoms with Gasteiger partial charge in [-0.25, -0.2) is 9.88 Å². The zero-order chi connectivity index (χ0) is 36.3. The summed E-state index contributed by atoms with van der Waals surface area (Å²) < 4.78 is 0. The van der Waals surface area contributed by atoms with Crippen molar-refractivity contribution in [3.63, 3.8) is 0 Å². The number of aryl methyl sites for hydroxylation is 1. The second kappa shape index (κ2) is 19.3. The van der Waals surface area contributed by atoms with Crippen molar-refractivity contribution >= 4 is 35.8 Å². The van der Waals surface area contributed by atoms with E-state index in [9.17, 15) is 14.4 Å². The number of imide groups is 1. The van der Waals surface area contributed by atoms with E-state index in [4.69, 9.17) is 11.5 Å². The van der Waals surface area contributed by atoms with Crippen molar-refractivity contribution in [1.82, 2.24) is 35.8 Å². The number of hydrogen-bond acceptors (Lipinski definition) is 10. The second-order valence-corrected chi connectivity index (χ2v) is 13.2. The van der Waals surface area contributed by atoms with Crippen LogP contribution in [0.3, 0.4) is 0 Å². The number of aromatic nitrogens is 5. The van der Waals surface area contributed by atoms with Crippen molar-refractivity contribution in [1.29, 1.82) is 0 Å². The van der Waals surface area contributed by atoms with Gasteiger partial charge in [0.1, 0.15) is 5.69 Å². The molecule has 14 heteroatoms. The molecule has 0 radical (unpaired) electrons. The number of nitrogens with two attached hydrogens (primary N) is 2. The van der Waals surface area contributed by atoms with Crippen LogP contribution in [0.4, 0.5) is 5.69 Å². The Bertz CT molecular complexity index is 1740. The van der Waals surface area contributed by atoms with Gasteiger partial charge in [-0.15, -0.1) is 22.6 Å². The third kappa shape index (κ3) is 10.1. The molecular weight excluding hydrogens is 680 g/mol. The Morgan fingerprint density at radius 2 is 1.62 bits per heavy atom. The molecule has 278 valence electrons. The summed E-state index contributed by atoms with van der Waals surface area (Å²) in [6.07, 6.45) is 4.19. The number of anilines is 1. The number of carbonyl (C=O) groups excluding carboxylic acids is 3. The first-order valence-electron chi connectivity index (χ1n) is 18.0. The lowest BCUT2D eigenvalue weighted by Gasteiger charge is -2.32. The molecule has 13 nitrogen and oxygen atoms in total. The summed E-state index contributed by atoms with van der Waals surface area (Å²) in [6.45, 7) is 10.3. The third-order valence-electron chi connectivity index (χ3n) is 9.89. The van der Waals surface area contributed by atoms with Gasteiger partial charge in [0.2, 0.25) is 11.7 Å². The minimum absolute atomic E-state index is 0. The molecule has 1 aliphatic rings. The summed E-state index contributed by atoms with van der Waals surface area (Å²) in [5, 5.41) is 17.0. The Kier molecular flexibility index (Phi) is 14.9. The average Bonchev–Trinajstić information content (AvgIpc) is 3.71. The number of nitrogens with one attached hydrogen (secondary N) is 2. The summed E-state index contributed by atoms with van der Waals surface area (Å²) in [5.74, 6) is -0.362. The number of H-pyrrole nitrogens is 1. The highest BCUT2D eigenvalue weighted by atomic mass is 35.5. The minimum Gasteiger partial charge on any atom is -0.351 e. The van der Waals surface area contributed by atoms with Crippen LogP contribution in [0.1, 0.15) is 67.7 Å². The molecule has 5 rings (SSSR count). The normalized spacial score (nSPS) is 16.2. The van der Waals surface area contributed by atoms with Crippen molar-refractivity contribution in [2.75, 3.05) is 37.6 Å². The summed E-state index contributed by atoms with van der Waals surface area (Å²) in [5.41, 5.74) is 17.4. The van der Waals surface area contributed by atoms with Gasteiger partial charge in [0.25, 0.3) is 11.8 Å². The fourth-order valence-electron chi connectivity index (χ4n) is 6.69. The highest BCUT2D eigenvalue weighted by Gasteiger charge is 2.35. The van der Waals surface area contributed by atoms with Crippen molar-refractivity contribution in [2.45, 2.75) is 65.3 Å². The highest BCUT2D eigenvalue weighted by molar-refractivity contribution is 6.17. The van der Waals surface area contributed by atoms with E-state index in [0.717, 1.165) is 61.3 Å². The number of aromatic amines is 1. The first kappa shape index (κ1) is 40.2. The van der Waals surface area contributed by atoms with Crippen LogP contribution in [-0.2, 0) is 16.0 Å².